The van der Waals surface area contributed by atoms with Crippen LogP contribution in [0.4, 0.5) is 5.13 Å². The van der Waals surface area contributed by atoms with Crippen LogP contribution in [0.25, 0.3) is 0 Å². The van der Waals surface area contributed by atoms with Gasteiger partial charge in [0, 0.05) is 21.5 Å². The smallest absolute Gasteiger partial charge is 0.258 e. The number of rotatable bonds is 6. The molecule has 0 aliphatic heterocycles. The third kappa shape index (κ3) is 4.58. The summed E-state index contributed by atoms with van der Waals surface area (Å²) in [5.41, 5.74) is 6.54. The number of ketones is 1. The van der Waals surface area contributed by atoms with E-state index in [9.17, 15) is 14.4 Å². The van der Waals surface area contributed by atoms with Crippen molar-refractivity contribution >= 4 is 45.7 Å². The largest absolute Gasteiger partial charge is 0.369 e. The van der Waals surface area contributed by atoms with Gasteiger partial charge < -0.3 is 5.73 Å². The first-order valence-electron chi connectivity index (χ1n) is 7.87. The molecule has 0 aliphatic carbocycles. The number of nitrogens with two attached hydrogens (primary N) is 1. The fourth-order valence-corrected chi connectivity index (χ4v) is 3.26. The minimum Gasteiger partial charge on any atom is -0.369 e. The number of nitrogens with one attached hydrogen (secondary N) is 1. The Labute approximate surface area is 164 Å². The lowest BCUT2D eigenvalue weighted by Crippen LogP contribution is -2.17. The standard InChI is InChI=1S/C19H14ClN3O3S/c20-12-7-5-11(6-8-12)17(25)14-3-1-2-4-15(14)18(26)23-19-22-13(10-27-19)9-16(21)24/h1-8,10H,9H2,(H2,21,24)(H,22,23,26). The Morgan fingerprint density at radius 3 is 2.37 bits per heavy atom. The molecule has 0 fully saturated rings. The Morgan fingerprint density at radius 1 is 1.04 bits per heavy atom. The molecule has 0 bridgehead atoms. The highest BCUT2D eigenvalue weighted by atomic mass is 35.5. The number of benzene rings is 2. The molecule has 3 aromatic rings. The van der Waals surface area contributed by atoms with Crippen LogP contribution >= 0.6 is 22.9 Å². The minimum absolute atomic E-state index is 0.00197. The SMILES string of the molecule is NC(=O)Cc1csc(NC(=O)c2ccccc2C(=O)c2ccc(Cl)cc2)n1. The van der Waals surface area contributed by atoms with Crippen LogP contribution in [0, 0.1) is 0 Å². The first kappa shape index (κ1) is 18.8. The number of hydrogen-bond donors (Lipinski definition) is 2. The van der Waals surface area contributed by atoms with Gasteiger partial charge in [-0.15, -0.1) is 11.3 Å². The maximum absolute atomic E-state index is 12.8. The molecule has 136 valence electrons. The van der Waals surface area contributed by atoms with Crippen molar-refractivity contribution in [2.75, 3.05) is 5.32 Å². The summed E-state index contributed by atoms with van der Waals surface area (Å²) in [5, 5.41) is 5.14. The number of anilines is 1. The number of carbonyl (C=O) groups excluding carboxylic acids is 3. The van der Waals surface area contributed by atoms with Gasteiger partial charge in [0.2, 0.25) is 5.91 Å². The summed E-state index contributed by atoms with van der Waals surface area (Å²) in [6.45, 7) is 0. The van der Waals surface area contributed by atoms with Gasteiger partial charge in [-0.05, 0) is 30.3 Å². The lowest BCUT2D eigenvalue weighted by Gasteiger charge is -2.08. The van der Waals surface area contributed by atoms with Gasteiger partial charge in [0.05, 0.1) is 17.7 Å². The second-order valence-corrected chi connectivity index (χ2v) is 6.92. The molecule has 27 heavy (non-hydrogen) atoms. The number of halogens is 1. The highest BCUT2D eigenvalue weighted by Crippen LogP contribution is 2.20. The Bertz CT molecular complexity index is 1020. The lowest BCUT2D eigenvalue weighted by molar-refractivity contribution is -0.117. The third-order valence-electron chi connectivity index (χ3n) is 3.65. The predicted molar refractivity (Wildman–Crippen MR) is 104 cm³/mol. The summed E-state index contributed by atoms with van der Waals surface area (Å²) in [4.78, 5) is 40.5. The quantitative estimate of drug-likeness (QED) is 0.620. The molecule has 2 amide bonds. The average Bonchev–Trinajstić information content (AvgIpc) is 3.07. The molecule has 0 saturated heterocycles. The zero-order valence-electron chi connectivity index (χ0n) is 13.9. The van der Waals surface area contributed by atoms with Crippen molar-refractivity contribution in [3.05, 3.63) is 81.3 Å². The van der Waals surface area contributed by atoms with Gasteiger partial charge in [0.1, 0.15) is 0 Å². The van der Waals surface area contributed by atoms with Crippen molar-refractivity contribution < 1.29 is 14.4 Å². The van der Waals surface area contributed by atoms with Crippen LogP contribution in [0.15, 0.2) is 53.9 Å². The van der Waals surface area contributed by atoms with E-state index in [1.807, 2.05) is 0 Å². The third-order valence-corrected chi connectivity index (χ3v) is 4.71. The molecule has 0 unspecified atom stereocenters. The van der Waals surface area contributed by atoms with Gasteiger partial charge in [-0.1, -0.05) is 29.8 Å². The fourth-order valence-electron chi connectivity index (χ4n) is 2.42. The first-order chi connectivity index (χ1) is 12.9. The summed E-state index contributed by atoms with van der Waals surface area (Å²) >= 11 is 7.03. The van der Waals surface area contributed by atoms with E-state index in [2.05, 4.69) is 10.3 Å². The number of nitrogens with zero attached hydrogens (tertiary/aromatic N) is 1. The molecule has 0 radical (unpaired) electrons. The summed E-state index contributed by atoms with van der Waals surface area (Å²) in [6.07, 6.45) is -0.00197. The Hall–Kier alpha value is -3.03. The molecule has 6 nitrogen and oxygen atoms in total. The van der Waals surface area contributed by atoms with Gasteiger partial charge in [0.15, 0.2) is 10.9 Å². The fraction of sp³-hybridized carbons (Fsp3) is 0.0526. The van der Waals surface area contributed by atoms with Crippen LogP contribution in [0.3, 0.4) is 0 Å². The zero-order valence-corrected chi connectivity index (χ0v) is 15.5. The van der Waals surface area contributed by atoms with Gasteiger partial charge in [-0.25, -0.2) is 4.98 Å². The molecule has 3 N–H and O–H groups in total. The van der Waals surface area contributed by atoms with Crippen molar-refractivity contribution in [1.82, 2.24) is 4.98 Å². The van der Waals surface area contributed by atoms with E-state index in [0.29, 0.717) is 21.4 Å². The van der Waals surface area contributed by atoms with Gasteiger partial charge in [0.25, 0.3) is 5.91 Å². The normalized spacial score (nSPS) is 10.4. The summed E-state index contributed by atoms with van der Waals surface area (Å²) in [7, 11) is 0. The average molecular weight is 400 g/mol. The molecule has 0 aliphatic rings. The monoisotopic (exact) mass is 399 g/mol. The van der Waals surface area contributed by atoms with Crippen LogP contribution in [-0.2, 0) is 11.2 Å². The first-order valence-corrected chi connectivity index (χ1v) is 9.13. The van der Waals surface area contributed by atoms with E-state index in [1.165, 1.54) is 11.3 Å². The maximum Gasteiger partial charge on any atom is 0.258 e. The van der Waals surface area contributed by atoms with E-state index in [4.69, 9.17) is 17.3 Å². The number of amides is 2. The Kier molecular flexibility index (Phi) is 5.63. The molecule has 8 heteroatoms. The number of hydrogen-bond acceptors (Lipinski definition) is 5. The molecule has 0 atom stereocenters. The van der Waals surface area contributed by atoms with Gasteiger partial charge in [-0.3, -0.25) is 19.7 Å². The van der Waals surface area contributed by atoms with Gasteiger partial charge >= 0.3 is 0 Å². The number of primary amides is 1. The van der Waals surface area contributed by atoms with Crippen LogP contribution in [0.1, 0.15) is 32.0 Å². The van der Waals surface area contributed by atoms with E-state index in [-0.39, 0.29) is 23.3 Å². The van der Waals surface area contributed by atoms with E-state index >= 15 is 0 Å². The molecule has 0 saturated carbocycles. The second kappa shape index (κ2) is 8.11. The van der Waals surface area contributed by atoms with Crippen LogP contribution in [0.5, 0.6) is 0 Å². The maximum atomic E-state index is 12.8. The van der Waals surface area contributed by atoms with E-state index in [0.717, 1.165) is 0 Å². The molecular weight excluding hydrogens is 386 g/mol. The predicted octanol–water partition coefficient (Wildman–Crippen LogP) is 3.31. The highest BCUT2D eigenvalue weighted by Gasteiger charge is 2.19. The van der Waals surface area contributed by atoms with E-state index in [1.54, 1.807) is 53.9 Å². The lowest BCUT2D eigenvalue weighted by atomic mass is 9.98. The van der Waals surface area contributed by atoms with Crippen molar-refractivity contribution in [2.45, 2.75) is 6.42 Å². The van der Waals surface area contributed by atoms with Crippen molar-refractivity contribution in [2.24, 2.45) is 5.73 Å². The van der Waals surface area contributed by atoms with Crippen molar-refractivity contribution in [3.8, 4) is 0 Å². The van der Waals surface area contributed by atoms with Crippen LogP contribution in [-0.4, -0.2) is 22.6 Å². The Balaban J connectivity index is 1.83. The molecule has 3 rings (SSSR count). The Morgan fingerprint density at radius 2 is 1.70 bits per heavy atom. The van der Waals surface area contributed by atoms with Crippen molar-refractivity contribution in [1.29, 1.82) is 0 Å². The molecule has 0 spiro atoms. The zero-order chi connectivity index (χ0) is 19.4. The minimum atomic E-state index is -0.503. The molecule has 2 aromatic carbocycles. The summed E-state index contributed by atoms with van der Waals surface area (Å²) in [5.74, 6) is -1.25. The van der Waals surface area contributed by atoms with Crippen LogP contribution in [0.2, 0.25) is 5.02 Å². The number of carbonyl (C=O) groups is 3. The topological polar surface area (TPSA) is 102 Å². The summed E-state index contributed by atoms with van der Waals surface area (Å²) < 4.78 is 0. The summed E-state index contributed by atoms with van der Waals surface area (Å²) in [6, 6.07) is 13.0. The highest BCUT2D eigenvalue weighted by molar-refractivity contribution is 7.14. The molecule has 1 aromatic heterocycles. The van der Waals surface area contributed by atoms with E-state index < -0.39 is 11.8 Å². The van der Waals surface area contributed by atoms with Crippen LogP contribution < -0.4 is 11.1 Å². The van der Waals surface area contributed by atoms with Gasteiger partial charge in [-0.2, -0.15) is 0 Å². The molecular formula is C19H14ClN3O3S. The second-order valence-electron chi connectivity index (χ2n) is 5.62. The number of aromatic nitrogens is 1. The number of thiazole rings is 1. The molecule has 1 heterocycles. The van der Waals surface area contributed by atoms with Crippen molar-refractivity contribution in [3.63, 3.8) is 0 Å².